The Bertz CT molecular complexity index is 667. The second-order valence-corrected chi connectivity index (χ2v) is 6.16. The van der Waals surface area contributed by atoms with Crippen molar-refractivity contribution in [1.29, 1.82) is 0 Å². The third-order valence-corrected chi connectivity index (χ3v) is 4.52. The fraction of sp³-hybridized carbons (Fsp3) is 0.375. The van der Waals surface area contributed by atoms with E-state index in [9.17, 15) is 0 Å². The number of nitrogens with one attached hydrogen (secondary N) is 1. The molecule has 2 fully saturated rings. The van der Waals surface area contributed by atoms with E-state index in [0.717, 1.165) is 10.5 Å². The number of rotatable bonds is 3. The molecule has 3 heteroatoms. The van der Waals surface area contributed by atoms with Crippen molar-refractivity contribution in [3.8, 4) is 0 Å². The number of aromatic amines is 1. The van der Waals surface area contributed by atoms with Crippen LogP contribution < -0.4 is 0 Å². The lowest BCUT2D eigenvalue weighted by atomic mass is 9.95. The minimum atomic E-state index is 0.0969. The van der Waals surface area contributed by atoms with E-state index in [0.29, 0.717) is 5.92 Å². The minimum Gasteiger partial charge on any atom is -0.346 e. The summed E-state index contributed by atoms with van der Waals surface area (Å²) >= 11 is 5.35. The zero-order chi connectivity index (χ0) is 12.9. The zero-order valence-electron chi connectivity index (χ0n) is 10.7. The van der Waals surface area contributed by atoms with Gasteiger partial charge in [0.05, 0.1) is 5.41 Å². The summed E-state index contributed by atoms with van der Waals surface area (Å²) in [5, 5.41) is 0. The van der Waals surface area contributed by atoms with Gasteiger partial charge in [-0.15, -0.1) is 0 Å². The lowest BCUT2D eigenvalue weighted by molar-refractivity contribution is 0.736. The average Bonchev–Trinajstić information content (AvgIpc) is 3.30. The molecule has 0 atom stereocenters. The first kappa shape index (κ1) is 11.4. The van der Waals surface area contributed by atoms with Gasteiger partial charge in [0.1, 0.15) is 10.5 Å². The molecule has 2 saturated carbocycles. The van der Waals surface area contributed by atoms with Gasteiger partial charge in [-0.3, -0.25) is 0 Å². The number of H-pyrrole nitrogens is 1. The maximum Gasteiger partial charge on any atom is 0.130 e. The smallest absolute Gasteiger partial charge is 0.130 e. The molecule has 2 aromatic rings. The van der Waals surface area contributed by atoms with Gasteiger partial charge >= 0.3 is 0 Å². The van der Waals surface area contributed by atoms with Crippen molar-refractivity contribution < 1.29 is 0 Å². The molecular formula is C16H16N2S. The van der Waals surface area contributed by atoms with Crippen molar-refractivity contribution in [2.75, 3.05) is 0 Å². The Labute approximate surface area is 117 Å². The largest absolute Gasteiger partial charge is 0.346 e. The van der Waals surface area contributed by atoms with Crippen LogP contribution >= 0.6 is 12.2 Å². The summed E-state index contributed by atoms with van der Waals surface area (Å²) in [6, 6.07) is 12.7. The molecular weight excluding hydrogens is 252 g/mol. The van der Waals surface area contributed by atoms with Crippen molar-refractivity contribution in [3.63, 3.8) is 0 Å². The first-order valence-corrected chi connectivity index (χ1v) is 7.36. The van der Waals surface area contributed by atoms with Gasteiger partial charge in [0.15, 0.2) is 0 Å². The van der Waals surface area contributed by atoms with Crippen molar-refractivity contribution in [2.24, 2.45) is 0 Å². The summed E-state index contributed by atoms with van der Waals surface area (Å²) in [6.07, 6.45) is 4.91. The van der Waals surface area contributed by atoms with Crippen LogP contribution in [-0.2, 0) is 5.41 Å². The van der Waals surface area contributed by atoms with Gasteiger partial charge in [-0.05, 0) is 43.2 Å². The normalized spacial score (nSPS) is 20.2. The van der Waals surface area contributed by atoms with Crippen molar-refractivity contribution in [3.05, 3.63) is 58.1 Å². The summed E-state index contributed by atoms with van der Waals surface area (Å²) in [6.45, 7) is 0. The summed E-state index contributed by atoms with van der Waals surface area (Å²) in [5.41, 5.74) is 2.75. The third kappa shape index (κ3) is 1.93. The predicted octanol–water partition coefficient (Wildman–Crippen LogP) is 4.10. The van der Waals surface area contributed by atoms with Crippen LogP contribution in [0.4, 0.5) is 0 Å². The number of hydrogen-bond donors (Lipinski definition) is 1. The second-order valence-electron chi connectivity index (χ2n) is 5.75. The highest BCUT2D eigenvalue weighted by molar-refractivity contribution is 7.71. The fourth-order valence-electron chi connectivity index (χ4n) is 2.86. The second kappa shape index (κ2) is 4.01. The molecule has 1 aromatic carbocycles. The Morgan fingerprint density at radius 3 is 2.53 bits per heavy atom. The molecule has 0 spiro atoms. The molecule has 1 heterocycles. The van der Waals surface area contributed by atoms with Crippen LogP contribution in [0.25, 0.3) is 0 Å². The highest BCUT2D eigenvalue weighted by Gasteiger charge is 2.48. The molecule has 1 N–H and O–H groups in total. The number of benzene rings is 1. The van der Waals surface area contributed by atoms with Gasteiger partial charge in [0, 0.05) is 5.69 Å². The maximum absolute atomic E-state index is 5.35. The molecule has 2 aliphatic carbocycles. The molecule has 96 valence electrons. The number of hydrogen-bond acceptors (Lipinski definition) is 2. The Morgan fingerprint density at radius 2 is 1.89 bits per heavy atom. The van der Waals surface area contributed by atoms with Gasteiger partial charge in [0.2, 0.25) is 0 Å². The van der Waals surface area contributed by atoms with Crippen LogP contribution in [0.3, 0.4) is 0 Å². The summed E-state index contributed by atoms with van der Waals surface area (Å²) in [5.74, 6) is 1.77. The average molecular weight is 268 g/mol. The van der Waals surface area contributed by atoms with E-state index in [2.05, 4.69) is 40.3 Å². The van der Waals surface area contributed by atoms with E-state index in [1.807, 2.05) is 6.07 Å². The molecule has 0 aliphatic heterocycles. The number of nitrogens with zero attached hydrogens (tertiary/aromatic N) is 1. The number of aromatic nitrogens is 2. The predicted molar refractivity (Wildman–Crippen MR) is 77.9 cm³/mol. The first-order chi connectivity index (χ1) is 9.28. The fourth-order valence-corrected chi connectivity index (χ4v) is 3.08. The van der Waals surface area contributed by atoms with Crippen molar-refractivity contribution in [2.45, 2.75) is 37.0 Å². The standard InChI is InChI=1S/C16H16N2S/c19-14-10-13(11-6-7-11)17-15(18-14)16(8-9-16)12-4-2-1-3-5-12/h1-5,10-11H,6-9H2,(H,17,18,19). The maximum atomic E-state index is 5.35. The van der Waals surface area contributed by atoms with Gasteiger partial charge in [0.25, 0.3) is 0 Å². The summed E-state index contributed by atoms with van der Waals surface area (Å²) in [4.78, 5) is 8.18. The minimum absolute atomic E-state index is 0.0969. The molecule has 19 heavy (non-hydrogen) atoms. The molecule has 0 unspecified atom stereocenters. The highest BCUT2D eigenvalue weighted by atomic mass is 32.1. The molecule has 4 rings (SSSR count). The van der Waals surface area contributed by atoms with Crippen LogP contribution in [0.15, 0.2) is 36.4 Å². The van der Waals surface area contributed by atoms with Gasteiger partial charge in [-0.25, -0.2) is 4.98 Å². The van der Waals surface area contributed by atoms with Crippen molar-refractivity contribution in [1.82, 2.24) is 9.97 Å². The van der Waals surface area contributed by atoms with Gasteiger partial charge in [-0.1, -0.05) is 42.5 Å². The Morgan fingerprint density at radius 1 is 1.16 bits per heavy atom. The van der Waals surface area contributed by atoms with Crippen LogP contribution in [0.5, 0.6) is 0 Å². The van der Waals surface area contributed by atoms with Gasteiger partial charge < -0.3 is 4.98 Å². The summed E-state index contributed by atoms with van der Waals surface area (Å²) in [7, 11) is 0. The Balaban J connectivity index is 1.82. The van der Waals surface area contributed by atoms with Gasteiger partial charge in [-0.2, -0.15) is 0 Å². The Hall–Kier alpha value is -1.48. The zero-order valence-corrected chi connectivity index (χ0v) is 11.5. The SMILES string of the molecule is S=c1cc(C2CC2)[nH]c(C2(c3ccccc3)CC2)n1. The lowest BCUT2D eigenvalue weighted by Crippen LogP contribution is -2.14. The molecule has 2 nitrogen and oxygen atoms in total. The van der Waals surface area contributed by atoms with Crippen LogP contribution in [0.2, 0.25) is 0 Å². The molecule has 2 aliphatic rings. The molecule has 0 radical (unpaired) electrons. The van der Waals surface area contributed by atoms with E-state index in [4.69, 9.17) is 12.2 Å². The monoisotopic (exact) mass is 268 g/mol. The quantitative estimate of drug-likeness (QED) is 0.849. The molecule has 0 bridgehead atoms. The van der Waals surface area contributed by atoms with E-state index in [1.54, 1.807) is 0 Å². The highest BCUT2D eigenvalue weighted by Crippen LogP contribution is 2.52. The van der Waals surface area contributed by atoms with E-state index in [-0.39, 0.29) is 5.41 Å². The van der Waals surface area contributed by atoms with Crippen molar-refractivity contribution >= 4 is 12.2 Å². The molecule has 0 saturated heterocycles. The molecule has 0 amide bonds. The van der Waals surface area contributed by atoms with Crippen LogP contribution in [0.1, 0.15) is 48.7 Å². The first-order valence-electron chi connectivity index (χ1n) is 6.95. The topological polar surface area (TPSA) is 28.7 Å². The molecule has 1 aromatic heterocycles. The van der Waals surface area contributed by atoms with E-state index in [1.165, 1.54) is 36.9 Å². The van der Waals surface area contributed by atoms with Crippen LogP contribution in [0, 0.1) is 4.64 Å². The van der Waals surface area contributed by atoms with E-state index >= 15 is 0 Å². The van der Waals surface area contributed by atoms with E-state index < -0.39 is 0 Å². The lowest BCUT2D eigenvalue weighted by Gasteiger charge is -2.16. The third-order valence-electron chi connectivity index (χ3n) is 4.31. The van der Waals surface area contributed by atoms with Crippen LogP contribution in [-0.4, -0.2) is 9.97 Å². The Kier molecular flexibility index (Phi) is 2.39. The summed E-state index contributed by atoms with van der Waals surface area (Å²) < 4.78 is 0.734.